The highest BCUT2D eigenvalue weighted by Crippen LogP contribution is 1.97. The van der Waals surface area contributed by atoms with Gasteiger partial charge in [-0.25, -0.2) is 4.98 Å². The first-order valence-electron chi connectivity index (χ1n) is 4.95. The van der Waals surface area contributed by atoms with Crippen LogP contribution in [0.2, 0.25) is 0 Å². The molecule has 0 aromatic carbocycles. The van der Waals surface area contributed by atoms with Crippen LogP contribution in [0.25, 0.3) is 0 Å². The highest BCUT2D eigenvalue weighted by atomic mass is 15.0. The summed E-state index contributed by atoms with van der Waals surface area (Å²) in [6.07, 6.45) is 2.89. The lowest BCUT2D eigenvalue weighted by Gasteiger charge is -2.05. The first kappa shape index (κ1) is 10.3. The van der Waals surface area contributed by atoms with E-state index in [1.807, 2.05) is 6.20 Å². The number of aromatic nitrogens is 2. The van der Waals surface area contributed by atoms with Crippen molar-refractivity contribution < 1.29 is 0 Å². The maximum absolute atomic E-state index is 4.24. The van der Waals surface area contributed by atoms with E-state index in [1.54, 1.807) is 0 Å². The molecule has 0 amide bonds. The van der Waals surface area contributed by atoms with Crippen molar-refractivity contribution in [2.24, 2.45) is 5.92 Å². The number of hydrogen-bond donors (Lipinski definition) is 2. The molecule has 3 heteroatoms. The third kappa shape index (κ3) is 3.59. The van der Waals surface area contributed by atoms with Crippen LogP contribution >= 0.6 is 0 Å². The van der Waals surface area contributed by atoms with E-state index >= 15 is 0 Å². The number of imidazole rings is 1. The average Bonchev–Trinajstić information content (AvgIpc) is 2.52. The van der Waals surface area contributed by atoms with Gasteiger partial charge in [0, 0.05) is 24.9 Å². The predicted molar refractivity (Wildman–Crippen MR) is 54.5 cm³/mol. The summed E-state index contributed by atoms with van der Waals surface area (Å²) in [4.78, 5) is 7.50. The molecule has 0 unspecified atom stereocenters. The number of aryl methyl sites for hydroxylation is 1. The van der Waals surface area contributed by atoms with Gasteiger partial charge in [-0.2, -0.15) is 0 Å². The van der Waals surface area contributed by atoms with Gasteiger partial charge in [0.25, 0.3) is 0 Å². The van der Waals surface area contributed by atoms with Crippen LogP contribution in [-0.2, 0) is 13.0 Å². The Morgan fingerprint density at radius 2 is 2.31 bits per heavy atom. The lowest BCUT2D eigenvalue weighted by Crippen LogP contribution is -2.19. The first-order chi connectivity index (χ1) is 6.22. The summed E-state index contributed by atoms with van der Waals surface area (Å²) in [6.45, 7) is 8.46. The molecule has 0 fully saturated rings. The van der Waals surface area contributed by atoms with E-state index in [9.17, 15) is 0 Å². The molecule has 1 aromatic heterocycles. The van der Waals surface area contributed by atoms with Crippen LogP contribution < -0.4 is 5.32 Å². The molecule has 0 saturated carbocycles. The van der Waals surface area contributed by atoms with Gasteiger partial charge in [0.15, 0.2) is 0 Å². The molecule has 0 aliphatic carbocycles. The van der Waals surface area contributed by atoms with Crippen molar-refractivity contribution >= 4 is 0 Å². The van der Waals surface area contributed by atoms with Crippen LogP contribution in [0, 0.1) is 5.92 Å². The summed E-state index contributed by atoms with van der Waals surface area (Å²) in [5.74, 6) is 1.77. The fourth-order valence-electron chi connectivity index (χ4n) is 1.17. The molecule has 1 aromatic rings. The van der Waals surface area contributed by atoms with Gasteiger partial charge in [-0.15, -0.1) is 0 Å². The minimum Gasteiger partial charge on any atom is -0.345 e. The summed E-state index contributed by atoms with van der Waals surface area (Å²) in [7, 11) is 0. The highest BCUT2D eigenvalue weighted by molar-refractivity contribution is 5.00. The molecule has 1 heterocycles. The first-order valence-corrected chi connectivity index (χ1v) is 4.95. The quantitative estimate of drug-likeness (QED) is 0.726. The van der Waals surface area contributed by atoms with E-state index in [0.717, 1.165) is 25.3 Å². The van der Waals surface area contributed by atoms with Crippen molar-refractivity contribution in [3.05, 3.63) is 17.7 Å². The Labute approximate surface area is 80.0 Å². The lowest BCUT2D eigenvalue weighted by atomic mass is 10.2. The van der Waals surface area contributed by atoms with Gasteiger partial charge >= 0.3 is 0 Å². The Bertz CT molecular complexity index is 240. The molecular formula is C10H19N3. The second-order valence-electron chi connectivity index (χ2n) is 3.73. The second kappa shape index (κ2) is 5.02. The summed E-state index contributed by atoms with van der Waals surface area (Å²) < 4.78 is 0. The fraction of sp³-hybridized carbons (Fsp3) is 0.700. The topological polar surface area (TPSA) is 40.7 Å². The van der Waals surface area contributed by atoms with Crippen LogP contribution in [0.5, 0.6) is 0 Å². The van der Waals surface area contributed by atoms with Crippen LogP contribution in [-0.4, -0.2) is 16.5 Å². The van der Waals surface area contributed by atoms with E-state index < -0.39 is 0 Å². The van der Waals surface area contributed by atoms with Gasteiger partial charge in [0.2, 0.25) is 0 Å². The smallest absolute Gasteiger partial charge is 0.105 e. The Morgan fingerprint density at radius 1 is 1.54 bits per heavy atom. The van der Waals surface area contributed by atoms with Gasteiger partial charge in [-0.05, 0) is 12.5 Å². The van der Waals surface area contributed by atoms with Gasteiger partial charge < -0.3 is 10.3 Å². The molecule has 0 radical (unpaired) electrons. The van der Waals surface area contributed by atoms with Crippen LogP contribution in [0.1, 0.15) is 32.3 Å². The third-order valence-electron chi connectivity index (χ3n) is 1.88. The molecule has 0 spiro atoms. The zero-order chi connectivity index (χ0) is 9.68. The SMILES string of the molecule is CCc1ncc(CNCC(C)C)[nH]1. The second-order valence-corrected chi connectivity index (χ2v) is 3.73. The standard InChI is InChI=1S/C10H19N3/c1-4-10-12-7-9(13-10)6-11-5-8(2)3/h7-8,11H,4-6H2,1-3H3,(H,12,13). The molecule has 2 N–H and O–H groups in total. The van der Waals surface area contributed by atoms with Gasteiger partial charge in [-0.1, -0.05) is 20.8 Å². The summed E-state index contributed by atoms with van der Waals surface area (Å²) >= 11 is 0. The maximum atomic E-state index is 4.24. The van der Waals surface area contributed by atoms with Crippen molar-refractivity contribution in [1.29, 1.82) is 0 Å². The zero-order valence-corrected chi connectivity index (χ0v) is 8.72. The summed E-state index contributed by atoms with van der Waals surface area (Å²) in [5.41, 5.74) is 1.18. The minimum absolute atomic E-state index is 0.702. The number of hydrogen-bond acceptors (Lipinski definition) is 2. The third-order valence-corrected chi connectivity index (χ3v) is 1.88. The van der Waals surface area contributed by atoms with Gasteiger partial charge in [0.1, 0.15) is 5.82 Å². The lowest BCUT2D eigenvalue weighted by molar-refractivity contribution is 0.548. The highest BCUT2D eigenvalue weighted by Gasteiger charge is 1.98. The largest absolute Gasteiger partial charge is 0.345 e. The van der Waals surface area contributed by atoms with Crippen molar-refractivity contribution in [1.82, 2.24) is 15.3 Å². The van der Waals surface area contributed by atoms with Gasteiger partial charge in [0.05, 0.1) is 0 Å². The molecule has 0 aliphatic rings. The molecule has 13 heavy (non-hydrogen) atoms. The van der Waals surface area contributed by atoms with E-state index in [0.29, 0.717) is 5.92 Å². The van der Waals surface area contributed by atoms with E-state index in [2.05, 4.69) is 36.1 Å². The molecule has 0 bridgehead atoms. The Balaban J connectivity index is 2.28. The zero-order valence-electron chi connectivity index (χ0n) is 8.72. The average molecular weight is 181 g/mol. The number of rotatable bonds is 5. The molecule has 1 rings (SSSR count). The van der Waals surface area contributed by atoms with E-state index in [4.69, 9.17) is 0 Å². The van der Waals surface area contributed by atoms with Crippen molar-refractivity contribution in [2.75, 3.05) is 6.54 Å². The monoisotopic (exact) mass is 181 g/mol. The van der Waals surface area contributed by atoms with Crippen LogP contribution in [0.3, 0.4) is 0 Å². The molecular weight excluding hydrogens is 162 g/mol. The number of nitrogens with zero attached hydrogens (tertiary/aromatic N) is 1. The summed E-state index contributed by atoms with van der Waals surface area (Å²) in [5, 5.41) is 3.37. The molecule has 74 valence electrons. The normalized spacial score (nSPS) is 11.1. The number of H-pyrrole nitrogens is 1. The van der Waals surface area contributed by atoms with Gasteiger partial charge in [-0.3, -0.25) is 0 Å². The molecule has 3 nitrogen and oxygen atoms in total. The van der Waals surface area contributed by atoms with E-state index in [-0.39, 0.29) is 0 Å². The Kier molecular flexibility index (Phi) is 3.96. The van der Waals surface area contributed by atoms with Crippen LogP contribution in [0.15, 0.2) is 6.20 Å². The fourth-order valence-corrected chi connectivity index (χ4v) is 1.17. The van der Waals surface area contributed by atoms with Crippen molar-refractivity contribution in [3.63, 3.8) is 0 Å². The minimum atomic E-state index is 0.702. The molecule has 0 atom stereocenters. The molecule has 0 aliphatic heterocycles. The summed E-state index contributed by atoms with van der Waals surface area (Å²) in [6, 6.07) is 0. The van der Waals surface area contributed by atoms with Crippen molar-refractivity contribution in [2.45, 2.75) is 33.7 Å². The predicted octanol–water partition coefficient (Wildman–Crippen LogP) is 1.72. The van der Waals surface area contributed by atoms with Crippen LogP contribution in [0.4, 0.5) is 0 Å². The number of aromatic amines is 1. The van der Waals surface area contributed by atoms with E-state index in [1.165, 1.54) is 5.69 Å². The Morgan fingerprint density at radius 3 is 2.85 bits per heavy atom. The van der Waals surface area contributed by atoms with Crippen molar-refractivity contribution in [3.8, 4) is 0 Å². The maximum Gasteiger partial charge on any atom is 0.105 e. The Hall–Kier alpha value is -0.830. The number of nitrogens with one attached hydrogen (secondary N) is 2. The molecule has 0 saturated heterocycles.